The van der Waals surface area contributed by atoms with E-state index in [0.29, 0.717) is 29.7 Å². The van der Waals surface area contributed by atoms with Crippen LogP contribution in [0.4, 0.5) is 0 Å². The van der Waals surface area contributed by atoms with E-state index in [1.165, 1.54) is 11.3 Å². The third kappa shape index (κ3) is 7.75. The van der Waals surface area contributed by atoms with Crippen molar-refractivity contribution in [2.45, 2.75) is 53.3 Å². The molecule has 0 bridgehead atoms. The van der Waals surface area contributed by atoms with Crippen LogP contribution in [0.15, 0.2) is 29.3 Å². The summed E-state index contributed by atoms with van der Waals surface area (Å²) < 4.78 is 10.8. The molecule has 0 aliphatic heterocycles. The van der Waals surface area contributed by atoms with Gasteiger partial charge in [0.2, 0.25) is 0 Å². The number of nitrogens with one attached hydrogen (secondary N) is 2. The summed E-state index contributed by atoms with van der Waals surface area (Å²) in [6.07, 6.45) is 0.134. The lowest BCUT2D eigenvalue weighted by atomic mass is 10.2. The SMILES string of the molecule is CCOC(=O)c1sc(C(C)NC(=NC)NCc2cccc(OC(C)C)c2)nc1C.I. The Labute approximate surface area is 199 Å². The third-order valence-electron chi connectivity index (χ3n) is 3.95. The minimum Gasteiger partial charge on any atom is -0.491 e. The third-order valence-corrected chi connectivity index (χ3v) is 5.27. The van der Waals surface area contributed by atoms with Crippen LogP contribution in [-0.2, 0) is 11.3 Å². The van der Waals surface area contributed by atoms with Crippen LogP contribution in [0, 0.1) is 6.92 Å². The molecule has 2 aromatic rings. The topological polar surface area (TPSA) is 84.8 Å². The van der Waals surface area contributed by atoms with Gasteiger partial charge in [0, 0.05) is 13.6 Å². The minimum atomic E-state index is -0.327. The van der Waals surface area contributed by atoms with E-state index in [1.54, 1.807) is 14.0 Å². The van der Waals surface area contributed by atoms with Crippen molar-refractivity contribution < 1.29 is 14.3 Å². The van der Waals surface area contributed by atoms with Gasteiger partial charge in [0.25, 0.3) is 0 Å². The second-order valence-corrected chi connectivity index (χ2v) is 7.82. The van der Waals surface area contributed by atoms with Crippen molar-refractivity contribution in [3.8, 4) is 5.75 Å². The van der Waals surface area contributed by atoms with Crippen molar-refractivity contribution >= 4 is 47.2 Å². The van der Waals surface area contributed by atoms with E-state index < -0.39 is 0 Å². The summed E-state index contributed by atoms with van der Waals surface area (Å²) in [6, 6.07) is 7.86. The van der Waals surface area contributed by atoms with Crippen LogP contribution in [0.5, 0.6) is 5.75 Å². The number of guanidine groups is 1. The summed E-state index contributed by atoms with van der Waals surface area (Å²) in [5, 5.41) is 7.42. The number of benzene rings is 1. The molecule has 7 nitrogen and oxygen atoms in total. The van der Waals surface area contributed by atoms with Gasteiger partial charge in [-0.1, -0.05) is 12.1 Å². The molecular formula is C21H31IN4O3S. The van der Waals surface area contributed by atoms with Crippen molar-refractivity contribution in [3.05, 3.63) is 45.4 Å². The molecule has 166 valence electrons. The Kier molecular flexibility index (Phi) is 11.1. The summed E-state index contributed by atoms with van der Waals surface area (Å²) in [5.41, 5.74) is 1.77. The Balaban J connectivity index is 0.00000450. The number of nitrogens with zero attached hydrogens (tertiary/aromatic N) is 2. The molecule has 0 saturated carbocycles. The normalized spacial score (nSPS) is 12.2. The lowest BCUT2D eigenvalue weighted by Gasteiger charge is -2.17. The van der Waals surface area contributed by atoms with Gasteiger partial charge >= 0.3 is 5.97 Å². The molecule has 30 heavy (non-hydrogen) atoms. The zero-order valence-electron chi connectivity index (χ0n) is 18.3. The van der Waals surface area contributed by atoms with Crippen LogP contribution in [0.1, 0.15) is 59.7 Å². The maximum absolute atomic E-state index is 12.0. The standard InChI is InChI=1S/C21H30N4O3S.HI/c1-7-27-20(26)18-14(4)24-19(29-18)15(5)25-21(22-6)23-12-16-9-8-10-17(11-16)28-13(2)3;/h8-11,13,15H,7,12H2,1-6H3,(H2,22,23,25);1H. The molecule has 0 amide bonds. The zero-order chi connectivity index (χ0) is 21.4. The first-order valence-electron chi connectivity index (χ1n) is 9.71. The van der Waals surface area contributed by atoms with Crippen LogP contribution in [-0.4, -0.2) is 36.7 Å². The molecule has 9 heteroatoms. The molecule has 0 saturated heterocycles. The van der Waals surface area contributed by atoms with Crippen LogP contribution in [0.25, 0.3) is 0 Å². The molecule has 1 aromatic heterocycles. The number of aromatic nitrogens is 1. The Hall–Kier alpha value is -1.88. The molecule has 0 aliphatic rings. The molecule has 0 fully saturated rings. The largest absolute Gasteiger partial charge is 0.491 e. The zero-order valence-corrected chi connectivity index (χ0v) is 21.5. The second kappa shape index (κ2) is 12.7. The van der Waals surface area contributed by atoms with Gasteiger partial charge in [0.15, 0.2) is 5.96 Å². The molecule has 1 unspecified atom stereocenters. The van der Waals surface area contributed by atoms with E-state index in [9.17, 15) is 4.79 Å². The van der Waals surface area contributed by atoms with Crippen molar-refractivity contribution in [2.24, 2.45) is 4.99 Å². The fraction of sp³-hybridized carbons (Fsp3) is 0.476. The van der Waals surface area contributed by atoms with Gasteiger partial charge in [-0.2, -0.15) is 0 Å². The fourth-order valence-electron chi connectivity index (χ4n) is 2.64. The van der Waals surface area contributed by atoms with Crippen molar-refractivity contribution in [3.63, 3.8) is 0 Å². The highest BCUT2D eigenvalue weighted by molar-refractivity contribution is 14.0. The molecule has 0 aliphatic carbocycles. The first-order valence-corrected chi connectivity index (χ1v) is 10.5. The number of thiazole rings is 1. The number of rotatable bonds is 8. The fourth-order valence-corrected chi connectivity index (χ4v) is 3.60. The van der Waals surface area contributed by atoms with Gasteiger partial charge in [-0.25, -0.2) is 9.78 Å². The van der Waals surface area contributed by atoms with Gasteiger partial charge in [0.1, 0.15) is 15.6 Å². The van der Waals surface area contributed by atoms with E-state index in [-0.39, 0.29) is 42.1 Å². The summed E-state index contributed by atoms with van der Waals surface area (Å²) in [5.74, 6) is 1.17. The second-order valence-electron chi connectivity index (χ2n) is 6.79. The maximum atomic E-state index is 12.0. The van der Waals surface area contributed by atoms with Crippen LogP contribution >= 0.6 is 35.3 Å². The van der Waals surface area contributed by atoms with E-state index in [2.05, 4.69) is 20.6 Å². The van der Waals surface area contributed by atoms with Crippen LogP contribution < -0.4 is 15.4 Å². The summed E-state index contributed by atoms with van der Waals surface area (Å²) in [4.78, 5) is 21.4. The number of carbonyl (C=O) groups excluding carboxylic acids is 1. The van der Waals surface area contributed by atoms with Crippen LogP contribution in [0.2, 0.25) is 0 Å². The average Bonchev–Trinajstić information content (AvgIpc) is 3.07. The molecule has 1 heterocycles. The Morgan fingerprint density at radius 2 is 2.03 bits per heavy atom. The highest BCUT2D eigenvalue weighted by Crippen LogP contribution is 2.24. The van der Waals surface area contributed by atoms with Gasteiger partial charge in [-0.05, 0) is 52.3 Å². The molecule has 0 radical (unpaired) electrons. The first kappa shape index (κ1) is 26.2. The molecule has 1 aromatic carbocycles. The summed E-state index contributed by atoms with van der Waals surface area (Å²) in [7, 11) is 1.72. The Morgan fingerprint density at radius 1 is 1.30 bits per heavy atom. The number of hydrogen-bond acceptors (Lipinski definition) is 6. The van der Waals surface area contributed by atoms with Gasteiger partial charge in [-0.15, -0.1) is 35.3 Å². The maximum Gasteiger partial charge on any atom is 0.350 e. The average molecular weight is 546 g/mol. The highest BCUT2D eigenvalue weighted by atomic mass is 127. The van der Waals surface area contributed by atoms with Gasteiger partial charge in [0.05, 0.1) is 24.4 Å². The number of carbonyl (C=O) groups is 1. The first-order chi connectivity index (χ1) is 13.8. The Bertz CT molecular complexity index is 855. The van der Waals surface area contributed by atoms with Gasteiger partial charge in [-0.3, -0.25) is 4.99 Å². The highest BCUT2D eigenvalue weighted by Gasteiger charge is 2.20. The predicted octanol–water partition coefficient (Wildman–Crippen LogP) is 4.46. The molecule has 2 rings (SSSR count). The molecule has 1 atom stereocenters. The lowest BCUT2D eigenvalue weighted by molar-refractivity contribution is 0.0531. The number of halogens is 1. The smallest absolute Gasteiger partial charge is 0.350 e. The molecular weight excluding hydrogens is 515 g/mol. The molecule has 2 N–H and O–H groups in total. The van der Waals surface area contributed by atoms with Crippen molar-refractivity contribution in [1.29, 1.82) is 0 Å². The predicted molar refractivity (Wildman–Crippen MR) is 132 cm³/mol. The number of esters is 1. The minimum absolute atomic E-state index is 0. The number of hydrogen-bond donors (Lipinski definition) is 2. The van der Waals surface area contributed by atoms with E-state index in [0.717, 1.165) is 16.3 Å². The number of aliphatic imine (C=N–C) groups is 1. The number of ether oxygens (including phenoxy) is 2. The van der Waals surface area contributed by atoms with E-state index >= 15 is 0 Å². The van der Waals surface area contributed by atoms with Crippen molar-refractivity contribution in [2.75, 3.05) is 13.7 Å². The monoisotopic (exact) mass is 546 g/mol. The lowest BCUT2D eigenvalue weighted by Crippen LogP contribution is -2.38. The quantitative estimate of drug-likeness (QED) is 0.220. The van der Waals surface area contributed by atoms with Gasteiger partial charge < -0.3 is 20.1 Å². The van der Waals surface area contributed by atoms with Crippen LogP contribution in [0.3, 0.4) is 0 Å². The Morgan fingerprint density at radius 3 is 2.67 bits per heavy atom. The summed E-state index contributed by atoms with van der Waals surface area (Å²) >= 11 is 1.34. The summed E-state index contributed by atoms with van der Waals surface area (Å²) in [6.45, 7) is 10.6. The molecule has 0 spiro atoms. The van der Waals surface area contributed by atoms with E-state index in [1.807, 2.05) is 52.0 Å². The van der Waals surface area contributed by atoms with E-state index in [4.69, 9.17) is 9.47 Å². The van der Waals surface area contributed by atoms with Crippen molar-refractivity contribution in [1.82, 2.24) is 15.6 Å². The number of aryl methyl sites for hydroxylation is 1.